The summed E-state index contributed by atoms with van der Waals surface area (Å²) < 4.78 is 64.7. The molecule has 0 radical (unpaired) electrons. The van der Waals surface area contributed by atoms with Gasteiger partial charge < -0.3 is 4.74 Å². The Hall–Kier alpha value is -0.560. The van der Waals surface area contributed by atoms with E-state index in [0.717, 1.165) is 6.07 Å². The van der Waals surface area contributed by atoms with Crippen LogP contribution in [-0.4, -0.2) is 6.61 Å². The van der Waals surface area contributed by atoms with Crippen LogP contribution in [0.1, 0.15) is 5.56 Å². The molecule has 1 aromatic carbocycles. The largest absolute Gasteiger partial charge is 0.432 e. The molecule has 0 spiro atoms. The van der Waals surface area contributed by atoms with Crippen LogP contribution in [0.2, 0.25) is 5.02 Å². The molecule has 0 aliphatic heterocycles. The molecule has 1 rings (SSSR count). The Morgan fingerprint density at radius 2 is 1.81 bits per heavy atom. The van der Waals surface area contributed by atoms with Gasteiger partial charge in [-0.2, -0.15) is 22.0 Å². The molecule has 0 aromatic heterocycles. The normalized spacial score (nSPS) is 12.0. The number of rotatable bonds is 2. The Bertz CT molecular complexity index is 393. The molecule has 0 saturated heterocycles. The maximum absolute atomic E-state index is 12.4. The Kier molecular flexibility index (Phi) is 4.01. The van der Waals surface area contributed by atoms with Gasteiger partial charge in [0.1, 0.15) is 0 Å². The lowest BCUT2D eigenvalue weighted by Gasteiger charge is -2.14. The summed E-state index contributed by atoms with van der Waals surface area (Å²) in [6.07, 6.45) is -4.72. The molecule has 90 valence electrons. The van der Waals surface area contributed by atoms with Crippen molar-refractivity contribution < 1.29 is 26.7 Å². The van der Waals surface area contributed by atoms with Crippen LogP contribution in [0, 0.1) is 0 Å². The van der Waals surface area contributed by atoms with Gasteiger partial charge in [0.05, 0.1) is 15.1 Å². The topological polar surface area (TPSA) is 9.23 Å². The van der Waals surface area contributed by atoms with Gasteiger partial charge in [0.15, 0.2) is 5.75 Å². The maximum Gasteiger partial charge on any atom is 0.417 e. The first kappa shape index (κ1) is 13.5. The summed E-state index contributed by atoms with van der Waals surface area (Å²) in [5.41, 5.74) is -1.23. The number of benzene rings is 1. The van der Waals surface area contributed by atoms with E-state index in [9.17, 15) is 22.0 Å². The molecule has 0 fully saturated rings. The average molecular weight is 325 g/mol. The smallest absolute Gasteiger partial charge is 0.417 e. The third-order valence-corrected chi connectivity index (χ3v) is 2.56. The highest BCUT2D eigenvalue weighted by molar-refractivity contribution is 9.10. The van der Waals surface area contributed by atoms with Crippen molar-refractivity contribution in [3.63, 3.8) is 0 Å². The van der Waals surface area contributed by atoms with Crippen molar-refractivity contribution >= 4 is 27.5 Å². The number of hydrogen-bond acceptors (Lipinski definition) is 1. The summed E-state index contributed by atoms with van der Waals surface area (Å²) in [5, 5.41) is -0.901. The second kappa shape index (κ2) is 4.75. The van der Waals surface area contributed by atoms with E-state index in [4.69, 9.17) is 11.6 Å². The number of alkyl halides is 5. The summed E-state index contributed by atoms with van der Waals surface area (Å²) in [7, 11) is 0. The van der Waals surface area contributed by atoms with E-state index in [-0.39, 0.29) is 4.47 Å². The fraction of sp³-hybridized carbons (Fsp3) is 0.250. The first-order chi connectivity index (χ1) is 7.23. The molecule has 1 nitrogen and oxygen atoms in total. The Labute approximate surface area is 100 Å². The molecule has 8 heteroatoms. The van der Waals surface area contributed by atoms with Crippen molar-refractivity contribution in [3.8, 4) is 5.75 Å². The predicted octanol–water partition coefficient (Wildman–Crippen LogP) is 4.72. The summed E-state index contributed by atoms with van der Waals surface area (Å²) in [6.45, 7) is -3.25. The van der Waals surface area contributed by atoms with E-state index in [1.54, 1.807) is 0 Å². The van der Waals surface area contributed by atoms with Crippen LogP contribution in [0.5, 0.6) is 5.75 Å². The SMILES string of the molecule is FC(F)Oc1c(Br)ccc(C(F)(F)F)c1Cl. The molecular weight excluding hydrogens is 322 g/mol. The quantitative estimate of drug-likeness (QED) is 0.715. The monoisotopic (exact) mass is 324 g/mol. The lowest BCUT2D eigenvalue weighted by molar-refractivity contribution is -0.137. The van der Waals surface area contributed by atoms with Crippen LogP contribution in [0.15, 0.2) is 16.6 Å². The van der Waals surface area contributed by atoms with Gasteiger partial charge in [-0.25, -0.2) is 0 Å². The first-order valence-corrected chi connectivity index (χ1v) is 4.90. The molecule has 0 amide bonds. The maximum atomic E-state index is 12.4. The van der Waals surface area contributed by atoms with Crippen LogP contribution < -0.4 is 4.74 Å². The third kappa shape index (κ3) is 2.98. The van der Waals surface area contributed by atoms with Gasteiger partial charge in [-0.1, -0.05) is 11.6 Å². The highest BCUT2D eigenvalue weighted by Crippen LogP contribution is 2.43. The lowest BCUT2D eigenvalue weighted by Crippen LogP contribution is -2.09. The molecular formula is C8H3BrClF5O. The van der Waals surface area contributed by atoms with E-state index >= 15 is 0 Å². The predicted molar refractivity (Wildman–Crippen MR) is 50.8 cm³/mol. The molecule has 1 aromatic rings. The van der Waals surface area contributed by atoms with E-state index in [1.165, 1.54) is 0 Å². The zero-order valence-electron chi connectivity index (χ0n) is 7.29. The van der Waals surface area contributed by atoms with Crippen molar-refractivity contribution in [2.45, 2.75) is 12.8 Å². The van der Waals surface area contributed by atoms with Crippen molar-refractivity contribution in [2.75, 3.05) is 0 Å². The van der Waals surface area contributed by atoms with Crippen LogP contribution in [-0.2, 0) is 6.18 Å². The Balaban J connectivity index is 3.27. The zero-order valence-corrected chi connectivity index (χ0v) is 9.63. The van der Waals surface area contributed by atoms with Crippen molar-refractivity contribution in [2.24, 2.45) is 0 Å². The average Bonchev–Trinajstić information content (AvgIpc) is 2.09. The molecule has 16 heavy (non-hydrogen) atoms. The molecule has 0 unspecified atom stereocenters. The second-order valence-electron chi connectivity index (χ2n) is 2.61. The molecule has 0 bridgehead atoms. The summed E-state index contributed by atoms with van der Waals surface area (Å²) in [6, 6.07) is 1.61. The Morgan fingerprint density at radius 3 is 2.25 bits per heavy atom. The van der Waals surface area contributed by atoms with E-state index in [2.05, 4.69) is 20.7 Å². The number of hydrogen-bond donors (Lipinski definition) is 0. The Morgan fingerprint density at radius 1 is 1.25 bits per heavy atom. The minimum absolute atomic E-state index is 0.0780. The number of halogens is 7. The highest BCUT2D eigenvalue weighted by Gasteiger charge is 2.35. The van der Waals surface area contributed by atoms with E-state index < -0.39 is 29.1 Å². The molecule has 0 N–H and O–H groups in total. The van der Waals surface area contributed by atoms with Gasteiger partial charge >= 0.3 is 12.8 Å². The number of ether oxygens (including phenoxy) is 1. The van der Waals surface area contributed by atoms with Crippen LogP contribution in [0.25, 0.3) is 0 Å². The summed E-state index contributed by atoms with van der Waals surface area (Å²) >= 11 is 8.10. The summed E-state index contributed by atoms with van der Waals surface area (Å²) in [5.74, 6) is -0.730. The van der Waals surface area contributed by atoms with E-state index in [1.807, 2.05) is 0 Å². The third-order valence-electron chi connectivity index (χ3n) is 1.56. The molecule has 0 saturated carbocycles. The first-order valence-electron chi connectivity index (χ1n) is 3.73. The van der Waals surface area contributed by atoms with Crippen molar-refractivity contribution in [1.82, 2.24) is 0 Å². The lowest BCUT2D eigenvalue weighted by atomic mass is 10.2. The van der Waals surface area contributed by atoms with Gasteiger partial charge in [-0.3, -0.25) is 0 Å². The molecule has 0 atom stereocenters. The van der Waals surface area contributed by atoms with Gasteiger partial charge in [0.2, 0.25) is 0 Å². The molecule has 0 heterocycles. The fourth-order valence-electron chi connectivity index (χ4n) is 0.949. The van der Waals surface area contributed by atoms with Crippen LogP contribution in [0.3, 0.4) is 0 Å². The van der Waals surface area contributed by atoms with E-state index in [0.29, 0.717) is 6.07 Å². The fourth-order valence-corrected chi connectivity index (χ4v) is 1.80. The van der Waals surface area contributed by atoms with Gasteiger partial charge in [0.25, 0.3) is 0 Å². The highest BCUT2D eigenvalue weighted by atomic mass is 79.9. The molecule has 0 aliphatic rings. The minimum Gasteiger partial charge on any atom is -0.432 e. The van der Waals surface area contributed by atoms with Crippen LogP contribution >= 0.6 is 27.5 Å². The summed E-state index contributed by atoms with van der Waals surface area (Å²) in [4.78, 5) is 0. The second-order valence-corrected chi connectivity index (χ2v) is 3.85. The minimum atomic E-state index is -4.72. The molecule has 0 aliphatic carbocycles. The van der Waals surface area contributed by atoms with Crippen LogP contribution in [0.4, 0.5) is 22.0 Å². The van der Waals surface area contributed by atoms with Crippen molar-refractivity contribution in [1.29, 1.82) is 0 Å². The van der Waals surface area contributed by atoms with Gasteiger partial charge in [-0.05, 0) is 28.1 Å². The van der Waals surface area contributed by atoms with Gasteiger partial charge in [0, 0.05) is 0 Å². The standard InChI is InChI=1S/C8H3BrClF5O/c9-4-2-1-3(8(13,14)15)5(10)6(4)16-7(11)12/h1-2,7H. The van der Waals surface area contributed by atoms with Crippen molar-refractivity contribution in [3.05, 3.63) is 27.2 Å². The van der Waals surface area contributed by atoms with Gasteiger partial charge in [-0.15, -0.1) is 0 Å². The zero-order chi connectivity index (χ0) is 12.5.